The second-order valence-corrected chi connectivity index (χ2v) is 8.65. The van der Waals surface area contributed by atoms with E-state index in [0.717, 1.165) is 16.5 Å². The van der Waals surface area contributed by atoms with Crippen LogP contribution in [0.5, 0.6) is 11.5 Å². The monoisotopic (exact) mass is 445 g/mol. The van der Waals surface area contributed by atoms with Gasteiger partial charge in [-0.15, -0.1) is 11.3 Å². The Morgan fingerprint density at radius 1 is 1.10 bits per heavy atom. The number of rotatable bonds is 8. The van der Waals surface area contributed by atoms with Crippen molar-refractivity contribution in [3.8, 4) is 21.9 Å². The molecule has 0 fully saturated rings. The first kappa shape index (κ1) is 21.4. The number of methoxy groups -OCH3 is 2. The predicted octanol–water partition coefficient (Wildman–Crippen LogP) is 4.33. The summed E-state index contributed by atoms with van der Waals surface area (Å²) in [6.07, 6.45) is 2.19. The second kappa shape index (κ2) is 9.02. The second-order valence-electron chi connectivity index (χ2n) is 6.05. The van der Waals surface area contributed by atoms with E-state index in [4.69, 9.17) is 14.6 Å². The lowest BCUT2D eigenvalue weighted by Gasteiger charge is -2.16. The molecule has 156 valence electrons. The summed E-state index contributed by atoms with van der Waals surface area (Å²) in [4.78, 5) is 11.6. The number of ether oxygens (including phenoxy) is 2. The Kier molecular flexibility index (Phi) is 6.43. The number of aliphatic carboxylic acids is 1. The normalized spacial score (nSPS) is 11.4. The maximum absolute atomic E-state index is 13.3. The van der Waals surface area contributed by atoms with Crippen LogP contribution in [-0.2, 0) is 14.8 Å². The van der Waals surface area contributed by atoms with Crippen molar-refractivity contribution in [3.63, 3.8) is 0 Å². The summed E-state index contributed by atoms with van der Waals surface area (Å²) < 4.78 is 39.7. The Hall–Kier alpha value is -3.30. The number of hydrogen-bond donors (Lipinski definition) is 2. The summed E-state index contributed by atoms with van der Waals surface area (Å²) >= 11 is 1.49. The number of nitrogens with one attached hydrogen (secondary N) is 1. The van der Waals surface area contributed by atoms with Gasteiger partial charge in [0.15, 0.2) is 11.5 Å². The molecule has 0 spiro atoms. The number of carboxylic acid groups (broad SMARTS) is 1. The number of benzene rings is 2. The molecule has 30 heavy (non-hydrogen) atoms. The number of para-hydroxylation sites is 1. The van der Waals surface area contributed by atoms with Crippen LogP contribution in [0.1, 0.15) is 5.56 Å². The number of hydrogen-bond acceptors (Lipinski definition) is 6. The number of carbonyl (C=O) groups is 1. The Morgan fingerprint density at radius 3 is 2.50 bits per heavy atom. The average molecular weight is 446 g/mol. The molecule has 0 aliphatic carbocycles. The average Bonchev–Trinajstić information content (AvgIpc) is 3.26. The van der Waals surface area contributed by atoms with Crippen molar-refractivity contribution in [2.75, 3.05) is 18.9 Å². The van der Waals surface area contributed by atoms with Gasteiger partial charge in [-0.1, -0.05) is 24.3 Å². The van der Waals surface area contributed by atoms with E-state index < -0.39 is 16.0 Å². The summed E-state index contributed by atoms with van der Waals surface area (Å²) in [5, 5.41) is 10.8. The minimum atomic E-state index is -4.09. The van der Waals surface area contributed by atoms with Crippen molar-refractivity contribution >= 4 is 39.1 Å². The van der Waals surface area contributed by atoms with Gasteiger partial charge in [-0.2, -0.15) is 0 Å². The Labute approximate surface area is 178 Å². The Balaban J connectivity index is 2.10. The molecule has 2 aromatic carbocycles. The van der Waals surface area contributed by atoms with Gasteiger partial charge in [0.05, 0.1) is 19.9 Å². The highest BCUT2D eigenvalue weighted by Crippen LogP contribution is 2.38. The summed E-state index contributed by atoms with van der Waals surface area (Å²) in [5.74, 6) is -0.972. The van der Waals surface area contributed by atoms with Crippen LogP contribution in [0.25, 0.3) is 16.5 Å². The SMILES string of the molecule is COc1cc(/C=C/C(=O)O)cc(S(=O)(=O)Nc2ccccc2-c2cccs2)c1OC. The van der Waals surface area contributed by atoms with E-state index in [1.54, 1.807) is 12.1 Å². The topological polar surface area (TPSA) is 102 Å². The summed E-state index contributed by atoms with van der Waals surface area (Å²) in [6.45, 7) is 0. The van der Waals surface area contributed by atoms with Gasteiger partial charge in [0, 0.05) is 16.5 Å². The van der Waals surface area contributed by atoms with Gasteiger partial charge in [0.2, 0.25) is 0 Å². The third-order valence-electron chi connectivity index (χ3n) is 4.13. The van der Waals surface area contributed by atoms with Gasteiger partial charge < -0.3 is 14.6 Å². The van der Waals surface area contributed by atoms with Gasteiger partial charge in [0.25, 0.3) is 10.0 Å². The fraction of sp³-hybridized carbons (Fsp3) is 0.0952. The fourth-order valence-electron chi connectivity index (χ4n) is 2.83. The van der Waals surface area contributed by atoms with Gasteiger partial charge >= 0.3 is 5.97 Å². The number of anilines is 1. The van der Waals surface area contributed by atoms with E-state index in [1.165, 1.54) is 43.8 Å². The van der Waals surface area contributed by atoms with E-state index in [-0.39, 0.29) is 16.4 Å². The number of sulfonamides is 1. The van der Waals surface area contributed by atoms with Crippen molar-refractivity contribution in [1.82, 2.24) is 0 Å². The van der Waals surface area contributed by atoms with Crippen molar-refractivity contribution in [3.05, 3.63) is 65.6 Å². The van der Waals surface area contributed by atoms with Crippen LogP contribution in [0.3, 0.4) is 0 Å². The van der Waals surface area contributed by atoms with Crippen LogP contribution in [0, 0.1) is 0 Å². The van der Waals surface area contributed by atoms with Crippen LogP contribution >= 0.6 is 11.3 Å². The lowest BCUT2D eigenvalue weighted by molar-refractivity contribution is -0.131. The molecule has 0 atom stereocenters. The maximum atomic E-state index is 13.3. The summed E-state index contributed by atoms with van der Waals surface area (Å²) in [7, 11) is -1.38. The molecule has 9 heteroatoms. The van der Waals surface area contributed by atoms with Gasteiger partial charge in [0.1, 0.15) is 4.90 Å². The molecule has 2 N–H and O–H groups in total. The van der Waals surface area contributed by atoms with E-state index in [2.05, 4.69) is 4.72 Å². The Bertz CT molecular complexity index is 1180. The highest BCUT2D eigenvalue weighted by molar-refractivity contribution is 7.92. The van der Waals surface area contributed by atoms with Gasteiger partial charge in [-0.05, 0) is 41.3 Å². The fourth-order valence-corrected chi connectivity index (χ4v) is 4.89. The highest BCUT2D eigenvalue weighted by Gasteiger charge is 2.25. The molecule has 7 nitrogen and oxygen atoms in total. The molecule has 1 aromatic heterocycles. The molecule has 0 aliphatic rings. The van der Waals surface area contributed by atoms with Gasteiger partial charge in [-0.25, -0.2) is 13.2 Å². The molecular weight excluding hydrogens is 426 g/mol. The van der Waals surface area contributed by atoms with E-state index >= 15 is 0 Å². The molecule has 0 saturated heterocycles. The van der Waals surface area contributed by atoms with E-state index in [0.29, 0.717) is 11.3 Å². The van der Waals surface area contributed by atoms with Crippen molar-refractivity contribution < 1.29 is 27.8 Å². The molecule has 3 rings (SSSR count). The maximum Gasteiger partial charge on any atom is 0.328 e. The molecule has 0 unspecified atom stereocenters. The molecule has 3 aromatic rings. The standard InChI is InChI=1S/C21H19NO6S2/c1-27-17-12-14(9-10-20(23)24)13-19(21(17)28-2)30(25,26)22-16-7-4-3-6-15(16)18-8-5-11-29-18/h3-13,22H,1-2H3,(H,23,24)/b10-9+. The molecule has 0 aliphatic heterocycles. The molecule has 0 bridgehead atoms. The first-order chi connectivity index (χ1) is 14.4. The zero-order chi connectivity index (χ0) is 21.7. The zero-order valence-corrected chi connectivity index (χ0v) is 17.8. The van der Waals surface area contributed by atoms with Crippen molar-refractivity contribution in [2.45, 2.75) is 4.90 Å². The van der Waals surface area contributed by atoms with Gasteiger partial charge in [-0.3, -0.25) is 4.72 Å². The quantitative estimate of drug-likeness (QED) is 0.501. The lowest BCUT2D eigenvalue weighted by Crippen LogP contribution is -2.15. The third-order valence-corrected chi connectivity index (χ3v) is 6.41. The van der Waals surface area contributed by atoms with Crippen LogP contribution in [0.2, 0.25) is 0 Å². The number of carboxylic acids is 1. The molecule has 0 saturated carbocycles. The molecule has 0 radical (unpaired) electrons. The first-order valence-electron chi connectivity index (χ1n) is 8.68. The summed E-state index contributed by atoms with van der Waals surface area (Å²) in [5.41, 5.74) is 1.48. The smallest absolute Gasteiger partial charge is 0.328 e. The highest BCUT2D eigenvalue weighted by atomic mass is 32.2. The first-order valence-corrected chi connectivity index (χ1v) is 11.0. The predicted molar refractivity (Wildman–Crippen MR) is 117 cm³/mol. The van der Waals surface area contributed by atoms with Crippen molar-refractivity contribution in [1.29, 1.82) is 0 Å². The van der Waals surface area contributed by atoms with E-state index in [1.807, 2.05) is 29.6 Å². The Morgan fingerprint density at radius 2 is 1.87 bits per heavy atom. The zero-order valence-electron chi connectivity index (χ0n) is 16.2. The third kappa shape index (κ3) is 4.64. The molecule has 0 amide bonds. The minimum absolute atomic E-state index is 0.0195. The van der Waals surface area contributed by atoms with Crippen LogP contribution in [0.4, 0.5) is 5.69 Å². The van der Waals surface area contributed by atoms with Crippen LogP contribution in [0.15, 0.2) is 64.9 Å². The minimum Gasteiger partial charge on any atom is -0.493 e. The molecular formula is C21H19NO6S2. The van der Waals surface area contributed by atoms with E-state index in [9.17, 15) is 13.2 Å². The van der Waals surface area contributed by atoms with Crippen LogP contribution in [-0.4, -0.2) is 33.7 Å². The summed E-state index contributed by atoms with van der Waals surface area (Å²) in [6, 6.07) is 13.7. The lowest BCUT2D eigenvalue weighted by atomic mass is 10.1. The number of thiophene rings is 1. The van der Waals surface area contributed by atoms with Crippen molar-refractivity contribution in [2.24, 2.45) is 0 Å². The largest absolute Gasteiger partial charge is 0.493 e. The molecule has 1 heterocycles. The van der Waals surface area contributed by atoms with Crippen LogP contribution < -0.4 is 14.2 Å².